The van der Waals surface area contributed by atoms with Crippen molar-refractivity contribution in [3.63, 3.8) is 0 Å². The molecule has 0 saturated carbocycles. The highest BCUT2D eigenvalue weighted by molar-refractivity contribution is 7.99. The molecule has 0 aliphatic heterocycles. The number of nitrogens with one attached hydrogen (secondary N) is 1. The summed E-state index contributed by atoms with van der Waals surface area (Å²) in [4.78, 5) is 31.6. The lowest BCUT2D eigenvalue weighted by molar-refractivity contribution is -0.142. The molecule has 8 heteroatoms. The number of aromatic nitrogens is 2. The van der Waals surface area contributed by atoms with Crippen molar-refractivity contribution in [1.29, 1.82) is 0 Å². The second kappa shape index (κ2) is 9.26. The molecule has 0 unspecified atom stereocenters. The fraction of sp³-hybridized carbons (Fsp3) is 0.333. The zero-order valence-electron chi connectivity index (χ0n) is 12.7. The van der Waals surface area contributed by atoms with Crippen LogP contribution >= 0.6 is 23.1 Å². The first kappa shape index (κ1) is 17.4. The Hall–Kier alpha value is -1.93. The van der Waals surface area contributed by atoms with E-state index in [1.807, 2.05) is 18.2 Å². The van der Waals surface area contributed by atoms with E-state index in [1.165, 1.54) is 23.1 Å². The lowest BCUT2D eigenvalue weighted by Gasteiger charge is -2.02. The van der Waals surface area contributed by atoms with Gasteiger partial charge in [-0.1, -0.05) is 6.07 Å². The number of hydrogen-bond acceptors (Lipinski definition) is 7. The Bertz CT molecular complexity index is 646. The Morgan fingerprint density at radius 1 is 1.39 bits per heavy atom. The monoisotopic (exact) mass is 351 g/mol. The molecule has 0 aliphatic rings. The molecule has 6 nitrogen and oxygen atoms in total. The van der Waals surface area contributed by atoms with Crippen molar-refractivity contribution in [2.75, 3.05) is 17.7 Å². The van der Waals surface area contributed by atoms with Crippen LogP contribution in [-0.4, -0.2) is 34.2 Å². The summed E-state index contributed by atoms with van der Waals surface area (Å²) in [7, 11) is 0. The zero-order valence-corrected chi connectivity index (χ0v) is 14.3. The van der Waals surface area contributed by atoms with Crippen molar-refractivity contribution in [1.82, 2.24) is 9.97 Å². The summed E-state index contributed by atoms with van der Waals surface area (Å²) >= 11 is 2.83. The molecular weight excluding hydrogens is 334 g/mol. The first-order chi connectivity index (χ1) is 11.2. The van der Waals surface area contributed by atoms with Gasteiger partial charge in [-0.2, -0.15) is 0 Å². The van der Waals surface area contributed by atoms with Crippen molar-refractivity contribution >= 4 is 40.1 Å². The summed E-state index contributed by atoms with van der Waals surface area (Å²) in [5.41, 5.74) is 0.603. The maximum atomic E-state index is 11.9. The van der Waals surface area contributed by atoms with E-state index in [2.05, 4.69) is 15.3 Å². The summed E-state index contributed by atoms with van der Waals surface area (Å²) in [6.45, 7) is 2.11. The molecule has 0 radical (unpaired) electrons. The zero-order chi connectivity index (χ0) is 16.5. The number of ether oxygens (including phenoxy) is 1. The van der Waals surface area contributed by atoms with Crippen LogP contribution in [0.1, 0.15) is 19.0 Å². The molecule has 0 spiro atoms. The van der Waals surface area contributed by atoms with Crippen LogP contribution in [0.3, 0.4) is 0 Å². The van der Waals surface area contributed by atoms with Crippen LogP contribution in [0.2, 0.25) is 0 Å². The van der Waals surface area contributed by atoms with E-state index >= 15 is 0 Å². The standard InChI is InChI=1S/C15H17N3O3S2/c1-2-21-14(20)9-11-10-23-15(17-11)18-12(19)6-8-22-13-5-3-4-7-16-13/h3-5,7,10H,2,6,8-9H2,1H3,(H,17,18,19). The number of amides is 1. The first-order valence-corrected chi connectivity index (χ1v) is 8.97. The topological polar surface area (TPSA) is 81.2 Å². The van der Waals surface area contributed by atoms with E-state index in [1.54, 1.807) is 18.5 Å². The molecule has 0 atom stereocenters. The Morgan fingerprint density at radius 2 is 2.26 bits per heavy atom. The quantitative estimate of drug-likeness (QED) is 0.582. The highest BCUT2D eigenvalue weighted by Crippen LogP contribution is 2.18. The van der Waals surface area contributed by atoms with Crippen LogP contribution in [-0.2, 0) is 20.7 Å². The van der Waals surface area contributed by atoms with E-state index in [0.717, 1.165) is 5.03 Å². The third-order valence-corrected chi connectivity index (χ3v) is 4.40. The molecule has 1 N–H and O–H groups in total. The first-order valence-electron chi connectivity index (χ1n) is 7.11. The number of hydrogen-bond donors (Lipinski definition) is 1. The smallest absolute Gasteiger partial charge is 0.311 e. The van der Waals surface area contributed by atoms with Gasteiger partial charge in [0, 0.05) is 23.8 Å². The fourth-order valence-corrected chi connectivity index (χ4v) is 3.20. The lowest BCUT2D eigenvalue weighted by atomic mass is 10.3. The number of pyridine rings is 1. The number of carbonyl (C=O) groups is 2. The molecule has 0 aromatic carbocycles. The third-order valence-electron chi connectivity index (χ3n) is 2.65. The molecular formula is C15H17N3O3S2. The summed E-state index contributed by atoms with van der Waals surface area (Å²) < 4.78 is 4.86. The van der Waals surface area contributed by atoms with Gasteiger partial charge in [-0.25, -0.2) is 9.97 Å². The fourth-order valence-electron chi connectivity index (χ4n) is 1.67. The van der Waals surface area contributed by atoms with Crippen molar-refractivity contribution in [2.45, 2.75) is 24.8 Å². The minimum atomic E-state index is -0.317. The van der Waals surface area contributed by atoms with Gasteiger partial charge < -0.3 is 10.1 Å². The predicted molar refractivity (Wildman–Crippen MR) is 90.7 cm³/mol. The van der Waals surface area contributed by atoms with E-state index in [9.17, 15) is 9.59 Å². The molecule has 1 amide bonds. The SMILES string of the molecule is CCOC(=O)Cc1csc(NC(=O)CCSc2ccccn2)n1. The Labute approximate surface area is 142 Å². The molecule has 0 fully saturated rings. The highest BCUT2D eigenvalue weighted by atomic mass is 32.2. The summed E-state index contributed by atoms with van der Waals surface area (Å²) in [6.07, 6.45) is 2.22. The van der Waals surface area contributed by atoms with Crippen LogP contribution in [0.5, 0.6) is 0 Å². The van der Waals surface area contributed by atoms with Gasteiger partial charge >= 0.3 is 5.97 Å². The number of thioether (sulfide) groups is 1. The third kappa shape index (κ3) is 6.37. The Kier molecular flexibility index (Phi) is 7.02. The average molecular weight is 351 g/mol. The van der Waals surface area contributed by atoms with Crippen LogP contribution in [0.4, 0.5) is 5.13 Å². The van der Waals surface area contributed by atoms with Gasteiger partial charge in [-0.3, -0.25) is 9.59 Å². The van der Waals surface area contributed by atoms with Crippen molar-refractivity contribution in [3.05, 3.63) is 35.5 Å². The van der Waals surface area contributed by atoms with E-state index < -0.39 is 0 Å². The molecule has 0 aliphatic carbocycles. The van der Waals surface area contributed by atoms with Crippen LogP contribution < -0.4 is 5.32 Å². The predicted octanol–water partition coefficient (Wildman–Crippen LogP) is 2.76. The molecule has 23 heavy (non-hydrogen) atoms. The van der Waals surface area contributed by atoms with Gasteiger partial charge in [0.25, 0.3) is 0 Å². The summed E-state index contributed by atoms with van der Waals surface area (Å²) in [5, 5.41) is 5.87. The highest BCUT2D eigenvalue weighted by Gasteiger charge is 2.10. The number of anilines is 1. The molecule has 0 saturated heterocycles. The van der Waals surface area contributed by atoms with Gasteiger partial charge in [-0.05, 0) is 19.1 Å². The van der Waals surface area contributed by atoms with Crippen molar-refractivity contribution in [3.8, 4) is 0 Å². The normalized spacial score (nSPS) is 10.3. The number of carbonyl (C=O) groups excluding carboxylic acids is 2. The van der Waals surface area contributed by atoms with E-state index in [4.69, 9.17) is 4.74 Å². The summed E-state index contributed by atoms with van der Waals surface area (Å²) in [5.74, 6) is 0.220. The van der Waals surface area contributed by atoms with Gasteiger partial charge in [0.2, 0.25) is 5.91 Å². The number of esters is 1. The number of thiazole rings is 1. The molecule has 2 aromatic heterocycles. The minimum Gasteiger partial charge on any atom is -0.466 e. The summed E-state index contributed by atoms with van der Waals surface area (Å²) in [6, 6.07) is 5.67. The molecule has 122 valence electrons. The minimum absolute atomic E-state index is 0.106. The van der Waals surface area contributed by atoms with Gasteiger partial charge in [0.05, 0.1) is 23.7 Å². The molecule has 2 heterocycles. The Morgan fingerprint density at radius 3 is 3.00 bits per heavy atom. The lowest BCUT2D eigenvalue weighted by Crippen LogP contribution is -2.12. The second-order valence-corrected chi connectivity index (χ2v) is 6.41. The largest absolute Gasteiger partial charge is 0.466 e. The van der Waals surface area contributed by atoms with Crippen molar-refractivity contribution in [2.24, 2.45) is 0 Å². The average Bonchev–Trinajstić information content (AvgIpc) is 2.95. The van der Waals surface area contributed by atoms with Crippen LogP contribution in [0.25, 0.3) is 0 Å². The Balaban J connectivity index is 1.73. The number of nitrogens with zero attached hydrogens (tertiary/aromatic N) is 2. The van der Waals surface area contributed by atoms with E-state index in [0.29, 0.717) is 29.6 Å². The maximum Gasteiger partial charge on any atom is 0.311 e. The van der Waals surface area contributed by atoms with Crippen LogP contribution in [0.15, 0.2) is 34.8 Å². The van der Waals surface area contributed by atoms with Gasteiger partial charge in [0.15, 0.2) is 5.13 Å². The van der Waals surface area contributed by atoms with E-state index in [-0.39, 0.29) is 18.3 Å². The van der Waals surface area contributed by atoms with Crippen molar-refractivity contribution < 1.29 is 14.3 Å². The molecule has 2 aromatic rings. The number of rotatable bonds is 8. The van der Waals surface area contributed by atoms with Crippen LogP contribution in [0, 0.1) is 0 Å². The molecule has 2 rings (SSSR count). The van der Waals surface area contributed by atoms with Gasteiger partial charge in [0.1, 0.15) is 0 Å². The molecule has 0 bridgehead atoms. The maximum absolute atomic E-state index is 11.9. The second-order valence-electron chi connectivity index (χ2n) is 4.44. The van der Waals surface area contributed by atoms with Gasteiger partial charge in [-0.15, -0.1) is 23.1 Å².